The fraction of sp³-hybridized carbons (Fsp3) is 0.526. The third-order valence-corrected chi connectivity index (χ3v) is 7.84. The molecule has 2 aromatic rings. The number of piperidine rings is 1. The molecule has 0 spiro atoms. The van der Waals surface area contributed by atoms with Crippen LogP contribution in [-0.2, 0) is 4.79 Å². The number of hydrogen-bond donors (Lipinski definition) is 1. The van der Waals surface area contributed by atoms with Gasteiger partial charge in [-0.05, 0) is 49.4 Å². The number of rotatable bonds is 8. The van der Waals surface area contributed by atoms with E-state index in [-0.39, 0.29) is 5.91 Å². The van der Waals surface area contributed by atoms with Gasteiger partial charge in [-0.1, -0.05) is 48.7 Å². The van der Waals surface area contributed by atoms with Gasteiger partial charge < -0.3 is 10.2 Å². The number of thioether (sulfide) groups is 2. The maximum atomic E-state index is 12.2. The molecule has 1 saturated heterocycles. The number of anilines is 2. The third kappa shape index (κ3) is 6.40. The van der Waals surface area contributed by atoms with E-state index >= 15 is 0 Å². The summed E-state index contributed by atoms with van der Waals surface area (Å²) in [7, 11) is 0. The van der Waals surface area contributed by atoms with E-state index in [1.165, 1.54) is 30.3 Å². The molecule has 5 nitrogen and oxygen atoms in total. The molecule has 0 aliphatic carbocycles. The van der Waals surface area contributed by atoms with Gasteiger partial charge in [0.25, 0.3) is 0 Å². The molecular weight excluding hydrogens is 396 g/mol. The Labute approximate surface area is 173 Å². The quantitative estimate of drug-likeness (QED) is 0.604. The minimum atomic E-state index is -0.0162. The first kappa shape index (κ1) is 20.5. The summed E-state index contributed by atoms with van der Waals surface area (Å²) in [6.07, 6.45) is 3.62. The van der Waals surface area contributed by atoms with Crippen LogP contribution in [0.5, 0.6) is 0 Å². The molecule has 8 heteroatoms. The van der Waals surface area contributed by atoms with Crippen molar-refractivity contribution in [3.05, 3.63) is 24.3 Å². The van der Waals surface area contributed by atoms with Crippen LogP contribution >= 0.6 is 34.9 Å². The summed E-state index contributed by atoms with van der Waals surface area (Å²) in [6, 6.07) is 8.17. The minimum Gasteiger partial charge on any atom is -0.372 e. The van der Waals surface area contributed by atoms with Gasteiger partial charge in [-0.25, -0.2) is 0 Å². The Morgan fingerprint density at radius 3 is 2.52 bits per heavy atom. The Bertz CT molecular complexity index is 727. The molecule has 146 valence electrons. The van der Waals surface area contributed by atoms with E-state index in [4.69, 9.17) is 0 Å². The molecule has 27 heavy (non-hydrogen) atoms. The lowest BCUT2D eigenvalue weighted by atomic mass is 9.99. The molecule has 1 aromatic carbocycles. The summed E-state index contributed by atoms with van der Waals surface area (Å²) in [5.41, 5.74) is 2.08. The van der Waals surface area contributed by atoms with Crippen LogP contribution in [0.4, 0.5) is 11.4 Å². The number of nitrogens with zero attached hydrogens (tertiary/aromatic N) is 3. The van der Waals surface area contributed by atoms with Gasteiger partial charge in [-0.2, -0.15) is 0 Å². The van der Waals surface area contributed by atoms with E-state index in [0.717, 1.165) is 45.5 Å². The lowest BCUT2D eigenvalue weighted by Gasteiger charge is -2.32. The van der Waals surface area contributed by atoms with Gasteiger partial charge in [0.2, 0.25) is 5.91 Å². The SMILES string of the molecule is CCCSc1nnc(SCC(=O)Nc2ccc(N3CCC(C)CC3)cc2)s1. The summed E-state index contributed by atoms with van der Waals surface area (Å²) < 4.78 is 1.82. The van der Waals surface area contributed by atoms with Gasteiger partial charge >= 0.3 is 0 Å². The zero-order valence-corrected chi connectivity index (χ0v) is 18.3. The van der Waals surface area contributed by atoms with Crippen LogP contribution in [0.1, 0.15) is 33.1 Å². The second-order valence-corrected chi connectivity index (χ2v) is 10.3. The first-order valence-electron chi connectivity index (χ1n) is 9.38. The number of hydrogen-bond acceptors (Lipinski definition) is 7. The molecule has 1 aromatic heterocycles. The van der Waals surface area contributed by atoms with Crippen molar-refractivity contribution in [3.8, 4) is 0 Å². The Kier molecular flexibility index (Phi) is 7.84. The van der Waals surface area contributed by atoms with E-state index in [2.05, 4.69) is 46.4 Å². The Hall–Kier alpha value is -1.25. The summed E-state index contributed by atoms with van der Waals surface area (Å²) in [6.45, 7) is 6.70. The predicted molar refractivity (Wildman–Crippen MR) is 117 cm³/mol. The van der Waals surface area contributed by atoms with Crippen LogP contribution < -0.4 is 10.2 Å². The predicted octanol–water partition coefficient (Wildman–Crippen LogP) is 5.01. The summed E-state index contributed by atoms with van der Waals surface area (Å²) in [5.74, 6) is 2.20. The van der Waals surface area contributed by atoms with Crippen molar-refractivity contribution in [2.24, 2.45) is 5.92 Å². The highest BCUT2D eigenvalue weighted by atomic mass is 32.2. The molecule has 0 bridgehead atoms. The highest BCUT2D eigenvalue weighted by Gasteiger charge is 2.16. The molecule has 1 aliphatic heterocycles. The molecule has 0 saturated carbocycles. The maximum Gasteiger partial charge on any atom is 0.234 e. The van der Waals surface area contributed by atoms with Crippen molar-refractivity contribution in [2.75, 3.05) is 34.8 Å². The first-order chi connectivity index (χ1) is 13.1. The van der Waals surface area contributed by atoms with Crippen LogP contribution in [0.15, 0.2) is 32.9 Å². The van der Waals surface area contributed by atoms with Crippen molar-refractivity contribution in [2.45, 2.75) is 41.8 Å². The highest BCUT2D eigenvalue weighted by Crippen LogP contribution is 2.29. The number of aromatic nitrogens is 2. The average molecular weight is 423 g/mol. The van der Waals surface area contributed by atoms with Crippen LogP contribution in [-0.4, -0.2) is 40.7 Å². The number of carbonyl (C=O) groups excluding carboxylic acids is 1. The van der Waals surface area contributed by atoms with Crippen LogP contribution in [0.25, 0.3) is 0 Å². The largest absolute Gasteiger partial charge is 0.372 e. The second kappa shape index (κ2) is 10.3. The fourth-order valence-electron chi connectivity index (χ4n) is 2.85. The van der Waals surface area contributed by atoms with Crippen LogP contribution in [0.3, 0.4) is 0 Å². The van der Waals surface area contributed by atoms with Gasteiger partial charge in [0.05, 0.1) is 5.75 Å². The van der Waals surface area contributed by atoms with E-state index in [1.54, 1.807) is 23.1 Å². The van der Waals surface area contributed by atoms with Gasteiger partial charge in [0, 0.05) is 30.2 Å². The van der Waals surface area contributed by atoms with Crippen molar-refractivity contribution < 1.29 is 4.79 Å². The number of nitrogens with one attached hydrogen (secondary N) is 1. The molecular formula is C19H26N4OS3. The number of carbonyl (C=O) groups is 1. The second-order valence-electron chi connectivity index (χ2n) is 6.74. The van der Waals surface area contributed by atoms with E-state index in [1.807, 2.05) is 12.1 Å². The van der Waals surface area contributed by atoms with Crippen LogP contribution in [0.2, 0.25) is 0 Å². The standard InChI is InChI=1S/C19H26N4OS3/c1-3-12-25-18-21-22-19(27-18)26-13-17(24)20-15-4-6-16(7-5-15)23-10-8-14(2)9-11-23/h4-7,14H,3,8-13H2,1-2H3,(H,20,24). The monoisotopic (exact) mass is 422 g/mol. The Morgan fingerprint density at radius 2 is 1.85 bits per heavy atom. The molecule has 1 fully saturated rings. The summed E-state index contributed by atoms with van der Waals surface area (Å²) >= 11 is 4.71. The first-order valence-corrected chi connectivity index (χ1v) is 12.2. The maximum absolute atomic E-state index is 12.2. The molecule has 1 N–H and O–H groups in total. The van der Waals surface area contributed by atoms with Crippen molar-refractivity contribution in [1.29, 1.82) is 0 Å². The molecule has 2 heterocycles. The molecule has 0 atom stereocenters. The van der Waals surface area contributed by atoms with Gasteiger partial charge in [-0.3, -0.25) is 4.79 Å². The zero-order chi connectivity index (χ0) is 19.1. The number of amides is 1. The molecule has 1 amide bonds. The van der Waals surface area contributed by atoms with Gasteiger partial charge in [-0.15, -0.1) is 10.2 Å². The molecule has 0 radical (unpaired) electrons. The van der Waals surface area contributed by atoms with E-state index in [0.29, 0.717) is 5.75 Å². The third-order valence-electron chi connectivity index (χ3n) is 4.44. The molecule has 3 rings (SSSR count). The van der Waals surface area contributed by atoms with Gasteiger partial charge in [0.1, 0.15) is 0 Å². The Balaban J connectivity index is 1.44. The van der Waals surface area contributed by atoms with Crippen molar-refractivity contribution >= 4 is 52.1 Å². The average Bonchev–Trinajstić information content (AvgIpc) is 3.14. The number of benzene rings is 1. The highest BCUT2D eigenvalue weighted by molar-refractivity contribution is 8.03. The molecule has 1 aliphatic rings. The van der Waals surface area contributed by atoms with Crippen molar-refractivity contribution in [1.82, 2.24) is 10.2 Å². The Morgan fingerprint density at radius 1 is 1.19 bits per heavy atom. The van der Waals surface area contributed by atoms with Crippen LogP contribution in [0, 0.1) is 5.92 Å². The zero-order valence-electron chi connectivity index (χ0n) is 15.8. The van der Waals surface area contributed by atoms with E-state index < -0.39 is 0 Å². The van der Waals surface area contributed by atoms with E-state index in [9.17, 15) is 4.79 Å². The topological polar surface area (TPSA) is 58.1 Å². The van der Waals surface area contributed by atoms with Crippen molar-refractivity contribution in [3.63, 3.8) is 0 Å². The molecule has 0 unspecified atom stereocenters. The fourth-order valence-corrected chi connectivity index (χ4v) is 5.60. The summed E-state index contributed by atoms with van der Waals surface area (Å²) in [4.78, 5) is 14.6. The smallest absolute Gasteiger partial charge is 0.234 e. The lowest BCUT2D eigenvalue weighted by Crippen LogP contribution is -2.32. The lowest BCUT2D eigenvalue weighted by molar-refractivity contribution is -0.113. The normalized spacial score (nSPS) is 15.1. The summed E-state index contributed by atoms with van der Waals surface area (Å²) in [5, 5.41) is 11.3. The minimum absolute atomic E-state index is 0.0162. The van der Waals surface area contributed by atoms with Gasteiger partial charge in [0.15, 0.2) is 8.68 Å².